The van der Waals surface area contributed by atoms with Crippen molar-refractivity contribution in [2.75, 3.05) is 13.2 Å². The minimum absolute atomic E-state index is 0.121. The summed E-state index contributed by atoms with van der Waals surface area (Å²) in [6, 6.07) is 12.2. The van der Waals surface area contributed by atoms with Gasteiger partial charge in [-0.25, -0.2) is 8.42 Å². The molecule has 0 aliphatic carbocycles. The maximum absolute atomic E-state index is 13.0. The molecule has 0 N–H and O–H groups in total. The number of ether oxygens (including phenoxy) is 2. The maximum Gasteiger partial charge on any atom is 0.206 e. The first-order valence-electron chi connectivity index (χ1n) is 8.38. The number of hydrogen-bond acceptors (Lipinski definition) is 4. The smallest absolute Gasteiger partial charge is 0.206 e. The molecule has 0 radical (unpaired) electrons. The van der Waals surface area contributed by atoms with E-state index in [-0.39, 0.29) is 16.4 Å². The normalized spacial score (nSPS) is 17.4. The van der Waals surface area contributed by atoms with Crippen LogP contribution in [0, 0.1) is 6.92 Å². The van der Waals surface area contributed by atoms with Crippen LogP contribution in [0.3, 0.4) is 0 Å². The van der Waals surface area contributed by atoms with Crippen molar-refractivity contribution in [1.82, 2.24) is 0 Å². The zero-order valence-corrected chi connectivity index (χ0v) is 15.9. The second-order valence-electron chi connectivity index (χ2n) is 7.53. The second-order valence-corrected chi connectivity index (χ2v) is 9.48. The molecule has 1 atom stereocenters. The van der Waals surface area contributed by atoms with Crippen molar-refractivity contribution < 1.29 is 17.9 Å². The van der Waals surface area contributed by atoms with Gasteiger partial charge in [-0.15, -0.1) is 0 Å². The van der Waals surface area contributed by atoms with Crippen LogP contribution in [-0.2, 0) is 20.0 Å². The monoisotopic (exact) mass is 360 g/mol. The third kappa shape index (κ3) is 4.22. The highest BCUT2D eigenvalue weighted by molar-refractivity contribution is 7.91. The van der Waals surface area contributed by atoms with Crippen LogP contribution in [-0.4, -0.2) is 27.7 Å². The molecule has 1 unspecified atom stereocenters. The quantitative estimate of drug-likeness (QED) is 0.759. The Morgan fingerprint density at radius 3 is 2.28 bits per heavy atom. The minimum Gasteiger partial charge on any atom is -0.491 e. The summed E-state index contributed by atoms with van der Waals surface area (Å²) in [4.78, 5) is 0.552. The summed E-state index contributed by atoms with van der Waals surface area (Å²) >= 11 is 0. The second kappa shape index (κ2) is 6.46. The van der Waals surface area contributed by atoms with Gasteiger partial charge in [0.2, 0.25) is 9.84 Å². The molecule has 3 rings (SSSR count). The Labute approximate surface area is 149 Å². The molecule has 5 heteroatoms. The van der Waals surface area contributed by atoms with Crippen LogP contribution in [0.1, 0.15) is 31.9 Å². The largest absolute Gasteiger partial charge is 0.491 e. The van der Waals surface area contributed by atoms with Crippen molar-refractivity contribution in [2.45, 2.75) is 49.0 Å². The first-order valence-corrected chi connectivity index (χ1v) is 9.86. The fourth-order valence-corrected chi connectivity index (χ4v) is 3.77. The van der Waals surface area contributed by atoms with E-state index in [0.717, 1.165) is 11.1 Å². The number of rotatable bonds is 5. The number of hydrogen-bond donors (Lipinski definition) is 0. The molecule has 2 aromatic rings. The lowest BCUT2D eigenvalue weighted by Crippen LogP contribution is -2.14. The summed E-state index contributed by atoms with van der Waals surface area (Å²) < 4.78 is 37.0. The number of epoxide rings is 1. The molecule has 0 saturated carbocycles. The summed E-state index contributed by atoms with van der Waals surface area (Å²) in [5.74, 6) is 0.564. The minimum atomic E-state index is -3.60. The van der Waals surface area contributed by atoms with Gasteiger partial charge in [0.05, 0.1) is 16.4 Å². The van der Waals surface area contributed by atoms with Gasteiger partial charge in [0.1, 0.15) is 18.5 Å². The molecule has 4 nitrogen and oxygen atoms in total. The van der Waals surface area contributed by atoms with Crippen molar-refractivity contribution >= 4 is 9.84 Å². The van der Waals surface area contributed by atoms with Gasteiger partial charge in [0.25, 0.3) is 0 Å². The zero-order chi connectivity index (χ0) is 18.2. The van der Waals surface area contributed by atoms with E-state index < -0.39 is 9.84 Å². The lowest BCUT2D eigenvalue weighted by molar-refractivity contribution is 0.262. The van der Waals surface area contributed by atoms with E-state index >= 15 is 0 Å². The predicted octanol–water partition coefficient (Wildman–Crippen LogP) is 3.90. The molecule has 0 aromatic heterocycles. The van der Waals surface area contributed by atoms with Crippen LogP contribution >= 0.6 is 0 Å². The molecular weight excluding hydrogens is 336 g/mol. The summed E-state index contributed by atoms with van der Waals surface area (Å²) in [7, 11) is -3.60. The van der Waals surface area contributed by atoms with Crippen molar-refractivity contribution in [3.05, 3.63) is 53.6 Å². The molecule has 1 aliphatic rings. The number of sulfone groups is 1. The van der Waals surface area contributed by atoms with E-state index in [1.807, 2.05) is 25.1 Å². The Morgan fingerprint density at radius 2 is 1.72 bits per heavy atom. The van der Waals surface area contributed by atoms with Crippen LogP contribution in [0.5, 0.6) is 5.75 Å². The zero-order valence-electron chi connectivity index (χ0n) is 15.1. The van der Waals surface area contributed by atoms with Gasteiger partial charge in [-0.1, -0.05) is 38.5 Å². The Kier molecular flexibility index (Phi) is 4.64. The standard InChI is InChI=1S/C20H24O4S/c1-14-5-7-18(8-6-14)25(21,22)19-10-15(20(2,3)4)9-16(11-19)23-12-17-13-24-17/h5-11,17H,12-13H2,1-4H3. The molecular formula is C20H24O4S. The van der Waals surface area contributed by atoms with E-state index in [0.29, 0.717) is 23.9 Å². The first-order chi connectivity index (χ1) is 11.7. The summed E-state index contributed by atoms with van der Waals surface area (Å²) in [6.45, 7) is 9.24. The van der Waals surface area contributed by atoms with Crippen molar-refractivity contribution in [3.8, 4) is 5.75 Å². The third-order valence-electron chi connectivity index (χ3n) is 4.23. The fraction of sp³-hybridized carbons (Fsp3) is 0.400. The average molecular weight is 360 g/mol. The summed E-state index contributed by atoms with van der Waals surface area (Å²) in [5, 5.41) is 0. The predicted molar refractivity (Wildman–Crippen MR) is 97.0 cm³/mol. The van der Waals surface area contributed by atoms with Gasteiger partial charge in [-0.3, -0.25) is 0 Å². The number of benzene rings is 2. The number of aryl methyl sites for hydroxylation is 1. The lowest BCUT2D eigenvalue weighted by atomic mass is 9.87. The van der Waals surface area contributed by atoms with Crippen LogP contribution < -0.4 is 4.74 Å². The molecule has 0 amide bonds. The van der Waals surface area contributed by atoms with Gasteiger partial charge in [0.15, 0.2) is 0 Å². The highest BCUT2D eigenvalue weighted by atomic mass is 32.2. The van der Waals surface area contributed by atoms with Crippen LogP contribution in [0.4, 0.5) is 0 Å². The Hall–Kier alpha value is -1.85. The van der Waals surface area contributed by atoms with E-state index in [1.165, 1.54) is 0 Å². The Bertz CT molecular complexity index is 858. The van der Waals surface area contributed by atoms with Crippen LogP contribution in [0.25, 0.3) is 0 Å². The Morgan fingerprint density at radius 1 is 1.08 bits per heavy atom. The molecule has 25 heavy (non-hydrogen) atoms. The third-order valence-corrected chi connectivity index (χ3v) is 5.97. The molecule has 1 aliphatic heterocycles. The van der Waals surface area contributed by atoms with Crippen LogP contribution in [0.2, 0.25) is 0 Å². The fourth-order valence-electron chi connectivity index (χ4n) is 2.45. The highest BCUT2D eigenvalue weighted by Gasteiger charge is 2.26. The molecule has 0 bridgehead atoms. The molecule has 0 spiro atoms. The van der Waals surface area contributed by atoms with E-state index in [9.17, 15) is 8.42 Å². The van der Waals surface area contributed by atoms with Gasteiger partial charge in [0, 0.05) is 0 Å². The summed E-state index contributed by atoms with van der Waals surface area (Å²) in [6.07, 6.45) is 0.121. The van der Waals surface area contributed by atoms with Gasteiger partial charge in [-0.2, -0.15) is 0 Å². The van der Waals surface area contributed by atoms with Crippen molar-refractivity contribution in [1.29, 1.82) is 0 Å². The highest BCUT2D eigenvalue weighted by Crippen LogP contribution is 2.32. The lowest BCUT2D eigenvalue weighted by Gasteiger charge is -2.21. The van der Waals surface area contributed by atoms with E-state index in [1.54, 1.807) is 24.3 Å². The molecule has 1 saturated heterocycles. The SMILES string of the molecule is Cc1ccc(S(=O)(=O)c2cc(OCC3CO3)cc(C(C)(C)C)c2)cc1. The Balaban J connectivity index is 2.03. The molecule has 1 heterocycles. The van der Waals surface area contributed by atoms with E-state index in [4.69, 9.17) is 9.47 Å². The first kappa shape index (κ1) is 18.0. The van der Waals surface area contributed by atoms with Crippen LogP contribution in [0.15, 0.2) is 52.3 Å². The van der Waals surface area contributed by atoms with Crippen molar-refractivity contribution in [3.63, 3.8) is 0 Å². The molecule has 2 aromatic carbocycles. The topological polar surface area (TPSA) is 55.9 Å². The average Bonchev–Trinajstić information content (AvgIpc) is 3.36. The van der Waals surface area contributed by atoms with E-state index in [2.05, 4.69) is 20.8 Å². The molecule has 1 fully saturated rings. The van der Waals surface area contributed by atoms with Gasteiger partial charge >= 0.3 is 0 Å². The summed E-state index contributed by atoms with van der Waals surface area (Å²) in [5.41, 5.74) is 1.76. The van der Waals surface area contributed by atoms with Crippen molar-refractivity contribution in [2.24, 2.45) is 0 Å². The molecule has 134 valence electrons. The maximum atomic E-state index is 13.0. The van der Waals surface area contributed by atoms with Gasteiger partial charge in [-0.05, 0) is 48.2 Å². The van der Waals surface area contributed by atoms with Gasteiger partial charge < -0.3 is 9.47 Å².